The van der Waals surface area contributed by atoms with Crippen molar-refractivity contribution < 1.29 is 14.6 Å². The highest BCUT2D eigenvalue weighted by Crippen LogP contribution is 2.23. The van der Waals surface area contributed by atoms with Gasteiger partial charge in [0, 0.05) is 6.54 Å². The maximum absolute atomic E-state index is 10.7. The third-order valence-corrected chi connectivity index (χ3v) is 3.72. The van der Waals surface area contributed by atoms with Crippen LogP contribution >= 0.6 is 0 Å². The van der Waals surface area contributed by atoms with E-state index in [2.05, 4.69) is 11.8 Å². The van der Waals surface area contributed by atoms with Crippen molar-refractivity contribution >= 4 is 5.97 Å². The molecule has 2 aliphatic heterocycles. The highest BCUT2D eigenvalue weighted by Gasteiger charge is 2.31. The van der Waals surface area contributed by atoms with E-state index in [1.807, 2.05) is 0 Å². The highest BCUT2D eigenvalue weighted by atomic mass is 16.5. The van der Waals surface area contributed by atoms with Gasteiger partial charge in [0.2, 0.25) is 0 Å². The molecule has 4 nitrogen and oxygen atoms in total. The van der Waals surface area contributed by atoms with Crippen molar-refractivity contribution in [3.05, 3.63) is 0 Å². The first-order valence-corrected chi connectivity index (χ1v) is 6.26. The Balaban J connectivity index is 1.73. The molecule has 2 fully saturated rings. The predicted octanol–water partition coefficient (Wildman–Crippen LogP) is 1.35. The molecular formula is C12H21NO3. The number of likely N-dealkylation sites (tertiary alicyclic amines) is 1. The lowest BCUT2D eigenvalue weighted by atomic mass is 9.99. The molecule has 2 saturated heterocycles. The Labute approximate surface area is 96.6 Å². The Morgan fingerprint density at radius 3 is 2.56 bits per heavy atom. The Kier molecular flexibility index (Phi) is 3.82. The van der Waals surface area contributed by atoms with Gasteiger partial charge in [-0.1, -0.05) is 6.92 Å². The fraction of sp³-hybridized carbons (Fsp3) is 0.917. The van der Waals surface area contributed by atoms with Gasteiger partial charge in [-0.3, -0.25) is 0 Å². The smallest absolute Gasteiger partial charge is 0.332 e. The van der Waals surface area contributed by atoms with E-state index in [4.69, 9.17) is 9.84 Å². The normalized spacial score (nSPS) is 33.1. The zero-order valence-corrected chi connectivity index (χ0v) is 9.89. The molecular weight excluding hydrogens is 206 g/mol. The summed E-state index contributed by atoms with van der Waals surface area (Å²) in [4.78, 5) is 13.2. The van der Waals surface area contributed by atoms with Crippen molar-refractivity contribution in [2.24, 2.45) is 5.92 Å². The molecule has 4 heteroatoms. The first kappa shape index (κ1) is 11.9. The van der Waals surface area contributed by atoms with E-state index < -0.39 is 12.1 Å². The minimum atomic E-state index is -0.810. The number of piperidine rings is 1. The van der Waals surface area contributed by atoms with Crippen LogP contribution in [0.3, 0.4) is 0 Å². The molecule has 0 aromatic carbocycles. The van der Waals surface area contributed by atoms with Crippen LogP contribution in [0.15, 0.2) is 0 Å². The minimum absolute atomic E-state index is 0.134. The minimum Gasteiger partial charge on any atom is -0.479 e. The van der Waals surface area contributed by atoms with Gasteiger partial charge in [-0.2, -0.15) is 0 Å². The van der Waals surface area contributed by atoms with Crippen LogP contribution in [-0.2, 0) is 9.53 Å². The molecule has 0 amide bonds. The van der Waals surface area contributed by atoms with Crippen molar-refractivity contribution in [1.82, 2.24) is 4.90 Å². The van der Waals surface area contributed by atoms with Gasteiger partial charge >= 0.3 is 5.97 Å². The number of aliphatic carboxylic acids is 1. The Bertz CT molecular complexity index is 249. The molecule has 0 unspecified atom stereocenters. The number of carbonyl (C=O) groups is 1. The van der Waals surface area contributed by atoms with Crippen LogP contribution in [-0.4, -0.2) is 47.8 Å². The summed E-state index contributed by atoms with van der Waals surface area (Å²) in [6.07, 6.45) is 3.65. The van der Waals surface area contributed by atoms with Crippen molar-refractivity contribution in [1.29, 1.82) is 0 Å². The summed E-state index contributed by atoms with van der Waals surface area (Å²) in [6.45, 7) is 5.48. The van der Waals surface area contributed by atoms with Crippen molar-refractivity contribution in [2.75, 3.05) is 19.6 Å². The number of carboxylic acid groups (broad SMARTS) is 1. The second kappa shape index (κ2) is 5.15. The fourth-order valence-electron chi connectivity index (χ4n) is 2.55. The number of hydrogen-bond donors (Lipinski definition) is 1. The van der Waals surface area contributed by atoms with Gasteiger partial charge in [0.25, 0.3) is 0 Å². The monoisotopic (exact) mass is 227 g/mol. The second-order valence-corrected chi connectivity index (χ2v) is 5.15. The maximum atomic E-state index is 10.7. The molecule has 2 rings (SSSR count). The van der Waals surface area contributed by atoms with Crippen molar-refractivity contribution in [3.63, 3.8) is 0 Å². The molecule has 0 aliphatic carbocycles. The highest BCUT2D eigenvalue weighted by molar-refractivity contribution is 5.72. The molecule has 2 heterocycles. The van der Waals surface area contributed by atoms with Gasteiger partial charge in [0.05, 0.1) is 6.10 Å². The lowest BCUT2D eigenvalue weighted by molar-refractivity contribution is -0.149. The fourth-order valence-corrected chi connectivity index (χ4v) is 2.55. The molecule has 0 saturated carbocycles. The number of nitrogens with zero attached hydrogens (tertiary/aromatic N) is 1. The van der Waals surface area contributed by atoms with E-state index in [-0.39, 0.29) is 6.10 Å². The molecule has 92 valence electrons. The number of hydrogen-bond acceptors (Lipinski definition) is 3. The lowest BCUT2D eigenvalue weighted by Gasteiger charge is -2.31. The third kappa shape index (κ3) is 2.95. The largest absolute Gasteiger partial charge is 0.479 e. The van der Waals surface area contributed by atoms with Gasteiger partial charge in [-0.15, -0.1) is 0 Å². The van der Waals surface area contributed by atoms with Crippen LogP contribution in [0, 0.1) is 5.92 Å². The van der Waals surface area contributed by atoms with Crippen LogP contribution in [0.5, 0.6) is 0 Å². The Morgan fingerprint density at radius 2 is 2.00 bits per heavy atom. The summed E-state index contributed by atoms with van der Waals surface area (Å²) in [5.41, 5.74) is 0. The summed E-state index contributed by atoms with van der Waals surface area (Å²) in [6, 6.07) is 0. The summed E-state index contributed by atoms with van der Waals surface area (Å²) in [5, 5.41) is 8.83. The molecule has 1 N–H and O–H groups in total. The molecule has 0 aromatic rings. The number of ether oxygens (including phenoxy) is 1. The van der Waals surface area contributed by atoms with Crippen LogP contribution in [0.1, 0.15) is 32.6 Å². The first-order valence-electron chi connectivity index (χ1n) is 6.26. The third-order valence-electron chi connectivity index (χ3n) is 3.72. The second-order valence-electron chi connectivity index (χ2n) is 5.15. The van der Waals surface area contributed by atoms with Crippen LogP contribution in [0.4, 0.5) is 0 Å². The topological polar surface area (TPSA) is 49.8 Å². The van der Waals surface area contributed by atoms with E-state index in [0.717, 1.165) is 32.0 Å². The molecule has 0 radical (unpaired) electrons. The predicted molar refractivity (Wildman–Crippen MR) is 60.4 cm³/mol. The summed E-state index contributed by atoms with van der Waals surface area (Å²) < 4.78 is 5.51. The van der Waals surface area contributed by atoms with E-state index in [9.17, 15) is 4.79 Å². The zero-order chi connectivity index (χ0) is 11.5. The SMILES string of the molecule is CC1CCN(C[C@H]2CC[C@@H](C(=O)O)O2)CC1. The Hall–Kier alpha value is -0.610. The van der Waals surface area contributed by atoms with Gasteiger partial charge < -0.3 is 14.7 Å². The zero-order valence-electron chi connectivity index (χ0n) is 9.89. The summed E-state index contributed by atoms with van der Waals surface area (Å²) >= 11 is 0. The summed E-state index contributed by atoms with van der Waals surface area (Å²) in [7, 11) is 0. The van der Waals surface area contributed by atoms with E-state index in [1.165, 1.54) is 12.8 Å². The molecule has 16 heavy (non-hydrogen) atoms. The average molecular weight is 227 g/mol. The standard InChI is InChI=1S/C12H21NO3/c1-9-4-6-13(7-5-9)8-10-2-3-11(16-10)12(14)15/h9-11H,2-8H2,1H3,(H,14,15)/t10-,11+/m1/s1. The van der Waals surface area contributed by atoms with Crippen LogP contribution < -0.4 is 0 Å². The quantitative estimate of drug-likeness (QED) is 0.790. The van der Waals surface area contributed by atoms with Gasteiger partial charge in [0.1, 0.15) is 0 Å². The summed E-state index contributed by atoms with van der Waals surface area (Å²) in [5.74, 6) is 0.0299. The van der Waals surface area contributed by atoms with Gasteiger partial charge in [0.15, 0.2) is 6.10 Å². The number of rotatable bonds is 3. The maximum Gasteiger partial charge on any atom is 0.332 e. The van der Waals surface area contributed by atoms with E-state index in [1.54, 1.807) is 0 Å². The van der Waals surface area contributed by atoms with E-state index >= 15 is 0 Å². The molecule has 2 aliphatic rings. The van der Waals surface area contributed by atoms with Crippen LogP contribution in [0.25, 0.3) is 0 Å². The van der Waals surface area contributed by atoms with Crippen LogP contribution in [0.2, 0.25) is 0 Å². The molecule has 0 spiro atoms. The average Bonchev–Trinajstić information content (AvgIpc) is 2.70. The van der Waals surface area contributed by atoms with Gasteiger partial charge in [-0.25, -0.2) is 4.79 Å². The van der Waals surface area contributed by atoms with E-state index in [0.29, 0.717) is 6.42 Å². The lowest BCUT2D eigenvalue weighted by Crippen LogP contribution is -2.38. The number of carboxylic acids is 1. The molecule has 0 bridgehead atoms. The van der Waals surface area contributed by atoms with Crippen molar-refractivity contribution in [2.45, 2.75) is 44.8 Å². The van der Waals surface area contributed by atoms with Crippen molar-refractivity contribution in [3.8, 4) is 0 Å². The molecule has 2 atom stereocenters. The first-order chi connectivity index (χ1) is 7.65. The van der Waals surface area contributed by atoms with Gasteiger partial charge in [-0.05, 0) is 44.7 Å². The Morgan fingerprint density at radius 1 is 1.31 bits per heavy atom. The molecule has 0 aromatic heterocycles.